The molecule has 4 heteroatoms. The number of rotatable bonds is 6. The van der Waals surface area contributed by atoms with E-state index in [-0.39, 0.29) is 5.91 Å². The SMILES string of the molecule is NC(=O)c1cccc([C@H]2C[C@H]3CC[C@@H](C2)N3CC(N)CC2CCCCC2)c1. The molecule has 1 aliphatic carbocycles. The van der Waals surface area contributed by atoms with E-state index in [2.05, 4.69) is 11.0 Å². The molecule has 4 nitrogen and oxygen atoms in total. The van der Waals surface area contributed by atoms with Crippen LogP contribution in [-0.4, -0.2) is 35.5 Å². The Hall–Kier alpha value is -1.39. The Labute approximate surface area is 163 Å². The van der Waals surface area contributed by atoms with Crippen LogP contribution in [0.4, 0.5) is 0 Å². The molecule has 1 aromatic rings. The van der Waals surface area contributed by atoms with Gasteiger partial charge in [0.1, 0.15) is 0 Å². The molecule has 2 saturated heterocycles. The highest BCUT2D eigenvalue weighted by molar-refractivity contribution is 5.92. The predicted molar refractivity (Wildman–Crippen MR) is 110 cm³/mol. The molecule has 0 radical (unpaired) electrons. The molecule has 1 amide bonds. The van der Waals surface area contributed by atoms with E-state index in [1.807, 2.05) is 18.2 Å². The van der Waals surface area contributed by atoms with Crippen molar-refractivity contribution in [2.24, 2.45) is 17.4 Å². The highest BCUT2D eigenvalue weighted by Gasteiger charge is 2.41. The van der Waals surface area contributed by atoms with Crippen molar-refractivity contribution in [3.8, 4) is 0 Å². The maximum atomic E-state index is 11.5. The second-order valence-electron chi connectivity index (χ2n) is 9.24. The summed E-state index contributed by atoms with van der Waals surface area (Å²) in [5.74, 6) is 1.08. The summed E-state index contributed by atoms with van der Waals surface area (Å²) in [7, 11) is 0. The molecule has 3 fully saturated rings. The first kappa shape index (κ1) is 18.9. The van der Waals surface area contributed by atoms with Crippen LogP contribution in [0, 0.1) is 5.92 Å². The smallest absolute Gasteiger partial charge is 0.248 e. The van der Waals surface area contributed by atoms with Crippen LogP contribution in [0.2, 0.25) is 0 Å². The van der Waals surface area contributed by atoms with Gasteiger partial charge in [-0.1, -0.05) is 44.2 Å². The van der Waals surface area contributed by atoms with Crippen molar-refractivity contribution in [3.63, 3.8) is 0 Å². The third-order valence-electron chi connectivity index (χ3n) is 7.33. The number of fused-ring (bicyclic) bond motifs is 2. The molecule has 148 valence electrons. The molecular weight excluding hydrogens is 334 g/mol. The molecule has 2 bridgehead atoms. The van der Waals surface area contributed by atoms with Gasteiger partial charge in [-0.15, -0.1) is 0 Å². The minimum absolute atomic E-state index is 0.325. The van der Waals surface area contributed by atoms with Gasteiger partial charge in [0, 0.05) is 30.2 Å². The Kier molecular flexibility index (Phi) is 5.84. The third kappa shape index (κ3) is 4.38. The van der Waals surface area contributed by atoms with E-state index < -0.39 is 0 Å². The Balaban J connectivity index is 1.36. The van der Waals surface area contributed by atoms with Gasteiger partial charge in [-0.2, -0.15) is 0 Å². The zero-order valence-electron chi connectivity index (χ0n) is 16.5. The average Bonchev–Trinajstić information content (AvgIpc) is 2.90. The molecule has 1 unspecified atom stereocenters. The van der Waals surface area contributed by atoms with Crippen molar-refractivity contribution in [2.75, 3.05) is 6.54 Å². The molecule has 4 rings (SSSR count). The number of carbonyl (C=O) groups is 1. The number of benzene rings is 1. The molecule has 0 aromatic heterocycles. The van der Waals surface area contributed by atoms with Crippen molar-refractivity contribution < 1.29 is 4.79 Å². The summed E-state index contributed by atoms with van der Waals surface area (Å²) in [5, 5.41) is 0. The summed E-state index contributed by atoms with van der Waals surface area (Å²) in [4.78, 5) is 14.2. The zero-order chi connectivity index (χ0) is 18.8. The third-order valence-corrected chi connectivity index (χ3v) is 7.33. The van der Waals surface area contributed by atoms with Crippen LogP contribution < -0.4 is 11.5 Å². The number of carbonyl (C=O) groups excluding carboxylic acids is 1. The summed E-state index contributed by atoms with van der Waals surface area (Å²) in [5.41, 5.74) is 14.0. The van der Waals surface area contributed by atoms with Gasteiger partial charge in [0.15, 0.2) is 0 Å². The van der Waals surface area contributed by atoms with Crippen molar-refractivity contribution in [1.29, 1.82) is 0 Å². The van der Waals surface area contributed by atoms with E-state index in [0.717, 1.165) is 12.5 Å². The molecule has 3 aliphatic rings. The quantitative estimate of drug-likeness (QED) is 0.801. The lowest BCUT2D eigenvalue weighted by Gasteiger charge is -2.41. The topological polar surface area (TPSA) is 72.4 Å². The molecule has 1 saturated carbocycles. The van der Waals surface area contributed by atoms with Gasteiger partial charge in [-0.25, -0.2) is 0 Å². The van der Waals surface area contributed by atoms with Gasteiger partial charge in [0.05, 0.1) is 0 Å². The van der Waals surface area contributed by atoms with Crippen LogP contribution >= 0.6 is 0 Å². The summed E-state index contributed by atoms with van der Waals surface area (Å²) in [6, 6.07) is 9.61. The van der Waals surface area contributed by atoms with Gasteiger partial charge in [-0.05, 0) is 61.6 Å². The van der Waals surface area contributed by atoms with E-state index in [1.165, 1.54) is 69.8 Å². The van der Waals surface area contributed by atoms with Gasteiger partial charge in [-0.3, -0.25) is 9.69 Å². The van der Waals surface area contributed by atoms with Crippen LogP contribution in [0.1, 0.15) is 86.0 Å². The van der Waals surface area contributed by atoms with E-state index in [0.29, 0.717) is 29.6 Å². The Morgan fingerprint density at radius 3 is 2.44 bits per heavy atom. The van der Waals surface area contributed by atoms with Crippen molar-refractivity contribution >= 4 is 5.91 Å². The van der Waals surface area contributed by atoms with E-state index in [9.17, 15) is 4.79 Å². The number of amides is 1. The number of hydrogen-bond donors (Lipinski definition) is 2. The number of piperidine rings is 1. The molecule has 2 heterocycles. The Morgan fingerprint density at radius 2 is 1.78 bits per heavy atom. The van der Waals surface area contributed by atoms with Gasteiger partial charge < -0.3 is 11.5 Å². The predicted octanol–water partition coefficient (Wildman–Crippen LogP) is 3.79. The van der Waals surface area contributed by atoms with Crippen LogP contribution in [0.3, 0.4) is 0 Å². The summed E-state index contributed by atoms with van der Waals surface area (Å²) in [6.07, 6.45) is 13.2. The minimum atomic E-state index is -0.328. The van der Waals surface area contributed by atoms with Crippen LogP contribution in [-0.2, 0) is 0 Å². The molecule has 4 atom stereocenters. The van der Waals surface area contributed by atoms with Crippen LogP contribution in [0.25, 0.3) is 0 Å². The molecule has 4 N–H and O–H groups in total. The van der Waals surface area contributed by atoms with E-state index >= 15 is 0 Å². The summed E-state index contributed by atoms with van der Waals surface area (Å²) < 4.78 is 0. The van der Waals surface area contributed by atoms with Crippen LogP contribution in [0.5, 0.6) is 0 Å². The fourth-order valence-corrected chi connectivity index (χ4v) is 5.99. The monoisotopic (exact) mass is 369 g/mol. The highest BCUT2D eigenvalue weighted by atomic mass is 16.1. The average molecular weight is 370 g/mol. The van der Waals surface area contributed by atoms with Gasteiger partial charge in [0.2, 0.25) is 5.91 Å². The van der Waals surface area contributed by atoms with Gasteiger partial charge in [0.25, 0.3) is 0 Å². The number of primary amides is 1. The van der Waals surface area contributed by atoms with Crippen molar-refractivity contribution in [2.45, 2.75) is 88.3 Å². The fraction of sp³-hybridized carbons (Fsp3) is 0.696. The van der Waals surface area contributed by atoms with E-state index in [1.54, 1.807) is 0 Å². The Bertz CT molecular complexity index is 641. The molecule has 1 aromatic carbocycles. The number of hydrogen-bond acceptors (Lipinski definition) is 3. The standard InChI is InChI=1S/C23H35N3O/c24-20(11-16-5-2-1-3-6-16)15-26-21-9-10-22(26)14-19(13-21)17-7-4-8-18(12-17)23(25)27/h4,7-8,12,16,19-22H,1-3,5-6,9-11,13-15,24H2,(H2,25,27)/t19-,20?,21+,22-. The largest absolute Gasteiger partial charge is 0.366 e. The summed E-state index contributed by atoms with van der Waals surface area (Å²) in [6.45, 7) is 1.07. The van der Waals surface area contributed by atoms with Gasteiger partial charge >= 0.3 is 0 Å². The van der Waals surface area contributed by atoms with Crippen molar-refractivity contribution in [3.05, 3.63) is 35.4 Å². The van der Waals surface area contributed by atoms with Crippen LogP contribution in [0.15, 0.2) is 24.3 Å². The number of nitrogens with two attached hydrogens (primary N) is 2. The first-order valence-corrected chi connectivity index (χ1v) is 11.0. The Morgan fingerprint density at radius 1 is 1.07 bits per heavy atom. The zero-order valence-corrected chi connectivity index (χ0v) is 16.5. The molecule has 27 heavy (non-hydrogen) atoms. The molecular formula is C23H35N3O. The highest BCUT2D eigenvalue weighted by Crippen LogP contribution is 2.43. The lowest BCUT2D eigenvalue weighted by Crippen LogP contribution is -2.48. The maximum absolute atomic E-state index is 11.5. The molecule has 2 aliphatic heterocycles. The molecule has 0 spiro atoms. The summed E-state index contributed by atoms with van der Waals surface area (Å²) >= 11 is 0. The maximum Gasteiger partial charge on any atom is 0.248 e. The first-order chi connectivity index (χ1) is 13.1. The normalized spacial score (nSPS) is 30.3. The lowest BCUT2D eigenvalue weighted by molar-refractivity contribution is 0.0999. The van der Waals surface area contributed by atoms with E-state index in [4.69, 9.17) is 11.5 Å². The van der Waals surface area contributed by atoms with Crippen molar-refractivity contribution in [1.82, 2.24) is 4.90 Å². The first-order valence-electron chi connectivity index (χ1n) is 11.0. The second kappa shape index (κ2) is 8.32. The second-order valence-corrected chi connectivity index (χ2v) is 9.24. The number of nitrogens with zero attached hydrogens (tertiary/aromatic N) is 1. The fourth-order valence-electron chi connectivity index (χ4n) is 5.99. The minimum Gasteiger partial charge on any atom is -0.366 e. The lowest BCUT2D eigenvalue weighted by atomic mass is 9.83.